The van der Waals surface area contributed by atoms with Crippen LogP contribution in [-0.4, -0.2) is 52.8 Å². The first kappa shape index (κ1) is 23.8. The number of hydrogen-bond donors (Lipinski definition) is 0. The molecule has 2 aromatic rings. The van der Waals surface area contributed by atoms with Gasteiger partial charge in [0, 0.05) is 44.0 Å². The Morgan fingerprint density at radius 3 is 2.68 bits per heavy atom. The summed E-state index contributed by atoms with van der Waals surface area (Å²) in [6.45, 7) is 12.0. The Morgan fingerprint density at radius 2 is 2.00 bits per heavy atom. The second-order valence-corrected chi connectivity index (χ2v) is 8.92. The van der Waals surface area contributed by atoms with Gasteiger partial charge < -0.3 is 9.80 Å². The number of rotatable bonds is 8. The molecule has 4 nitrogen and oxygen atoms in total. The molecule has 0 saturated carbocycles. The van der Waals surface area contributed by atoms with Crippen molar-refractivity contribution in [3.63, 3.8) is 0 Å². The SMILES string of the molecule is CCn1nc(C)c(CN(C)C[C@H]2CCCN(CCc3cccc(C(F)(F)F)c3)C2)c1C. The van der Waals surface area contributed by atoms with E-state index in [4.69, 9.17) is 0 Å². The number of likely N-dealkylation sites (tertiary alicyclic amines) is 1. The maximum atomic E-state index is 12.9. The molecule has 0 radical (unpaired) electrons. The minimum absolute atomic E-state index is 0.555. The lowest BCUT2D eigenvalue weighted by Crippen LogP contribution is -2.40. The normalized spacial score (nSPS) is 18.1. The van der Waals surface area contributed by atoms with Gasteiger partial charge in [0.1, 0.15) is 0 Å². The molecular formula is C24H35F3N4. The summed E-state index contributed by atoms with van der Waals surface area (Å²) in [5, 5.41) is 4.63. The summed E-state index contributed by atoms with van der Waals surface area (Å²) >= 11 is 0. The van der Waals surface area contributed by atoms with Gasteiger partial charge in [-0.05, 0) is 71.2 Å². The van der Waals surface area contributed by atoms with E-state index in [2.05, 4.69) is 47.4 Å². The van der Waals surface area contributed by atoms with E-state index in [0.29, 0.717) is 12.3 Å². The number of nitrogens with zero attached hydrogens (tertiary/aromatic N) is 4. The van der Waals surface area contributed by atoms with Gasteiger partial charge in [0.25, 0.3) is 0 Å². The maximum Gasteiger partial charge on any atom is 0.416 e. The van der Waals surface area contributed by atoms with Crippen molar-refractivity contribution in [2.75, 3.05) is 33.2 Å². The van der Waals surface area contributed by atoms with Crippen LogP contribution in [0.4, 0.5) is 13.2 Å². The van der Waals surface area contributed by atoms with Crippen LogP contribution in [0.3, 0.4) is 0 Å². The second kappa shape index (κ2) is 10.2. The molecule has 0 unspecified atom stereocenters. The highest BCUT2D eigenvalue weighted by atomic mass is 19.4. The number of hydrogen-bond acceptors (Lipinski definition) is 3. The lowest BCUT2D eigenvalue weighted by molar-refractivity contribution is -0.137. The van der Waals surface area contributed by atoms with Crippen molar-refractivity contribution >= 4 is 0 Å². The van der Waals surface area contributed by atoms with E-state index in [9.17, 15) is 13.2 Å². The van der Waals surface area contributed by atoms with Gasteiger partial charge in [-0.25, -0.2) is 0 Å². The number of aromatic nitrogens is 2. The van der Waals surface area contributed by atoms with Gasteiger partial charge in [-0.3, -0.25) is 4.68 Å². The molecule has 1 fully saturated rings. The van der Waals surface area contributed by atoms with Crippen molar-refractivity contribution in [2.24, 2.45) is 5.92 Å². The average Bonchev–Trinajstić information content (AvgIpc) is 2.99. The fourth-order valence-corrected chi connectivity index (χ4v) is 4.74. The predicted molar refractivity (Wildman–Crippen MR) is 118 cm³/mol. The average molecular weight is 437 g/mol. The summed E-state index contributed by atoms with van der Waals surface area (Å²) in [4.78, 5) is 4.80. The lowest BCUT2D eigenvalue weighted by Gasteiger charge is -2.35. The Balaban J connectivity index is 1.51. The van der Waals surface area contributed by atoms with E-state index in [0.717, 1.165) is 63.0 Å². The van der Waals surface area contributed by atoms with Crippen LogP contribution in [-0.2, 0) is 25.7 Å². The van der Waals surface area contributed by atoms with E-state index in [1.165, 1.54) is 29.8 Å². The molecule has 1 atom stereocenters. The molecule has 0 aliphatic carbocycles. The van der Waals surface area contributed by atoms with Crippen molar-refractivity contribution < 1.29 is 13.2 Å². The Labute approximate surface area is 184 Å². The van der Waals surface area contributed by atoms with Gasteiger partial charge in [0.2, 0.25) is 0 Å². The first-order valence-corrected chi connectivity index (χ1v) is 11.3. The Morgan fingerprint density at radius 1 is 1.23 bits per heavy atom. The minimum Gasteiger partial charge on any atom is -0.303 e. The van der Waals surface area contributed by atoms with Gasteiger partial charge in [-0.2, -0.15) is 18.3 Å². The van der Waals surface area contributed by atoms with E-state index < -0.39 is 11.7 Å². The van der Waals surface area contributed by atoms with Gasteiger partial charge in [0.15, 0.2) is 0 Å². The molecule has 31 heavy (non-hydrogen) atoms. The highest BCUT2D eigenvalue weighted by molar-refractivity contribution is 5.26. The number of piperidine rings is 1. The molecule has 1 aromatic heterocycles. The van der Waals surface area contributed by atoms with E-state index >= 15 is 0 Å². The third-order valence-corrected chi connectivity index (χ3v) is 6.40. The van der Waals surface area contributed by atoms with E-state index in [1.54, 1.807) is 6.07 Å². The molecule has 172 valence electrons. The largest absolute Gasteiger partial charge is 0.416 e. The van der Waals surface area contributed by atoms with Crippen molar-refractivity contribution in [1.29, 1.82) is 0 Å². The third-order valence-electron chi connectivity index (χ3n) is 6.40. The summed E-state index contributed by atoms with van der Waals surface area (Å²) in [6, 6.07) is 5.74. The molecule has 1 aliphatic rings. The first-order chi connectivity index (χ1) is 14.7. The molecule has 7 heteroatoms. The standard InChI is InChI=1S/C24H35F3N4/c1-5-31-19(3)23(18(2)28-31)17-29(4)15-21-9-7-12-30(16-21)13-11-20-8-6-10-22(14-20)24(25,26)27/h6,8,10,14,21H,5,7,9,11-13,15-17H2,1-4H3/t21-/m1/s1. The number of alkyl halides is 3. The highest BCUT2D eigenvalue weighted by Crippen LogP contribution is 2.29. The summed E-state index contributed by atoms with van der Waals surface area (Å²) in [5.41, 5.74) is 3.88. The van der Waals surface area contributed by atoms with Crippen LogP contribution < -0.4 is 0 Å². The van der Waals surface area contributed by atoms with E-state index in [1.807, 2.05) is 0 Å². The predicted octanol–water partition coefficient (Wildman–Crippen LogP) is 4.93. The molecule has 3 rings (SSSR count). The highest BCUT2D eigenvalue weighted by Gasteiger charge is 2.30. The molecule has 0 amide bonds. The molecule has 1 aliphatic heterocycles. The van der Waals surface area contributed by atoms with Gasteiger partial charge >= 0.3 is 6.18 Å². The minimum atomic E-state index is -4.28. The summed E-state index contributed by atoms with van der Waals surface area (Å²) in [5.74, 6) is 0.585. The number of halogens is 3. The summed E-state index contributed by atoms with van der Waals surface area (Å²) in [6.07, 6.45) is -1.27. The monoisotopic (exact) mass is 436 g/mol. The topological polar surface area (TPSA) is 24.3 Å². The van der Waals surface area contributed by atoms with Crippen molar-refractivity contribution in [3.8, 4) is 0 Å². The van der Waals surface area contributed by atoms with Crippen LogP contribution in [0.25, 0.3) is 0 Å². The van der Waals surface area contributed by atoms with Crippen LogP contribution in [0.15, 0.2) is 24.3 Å². The lowest BCUT2D eigenvalue weighted by atomic mass is 9.96. The number of benzene rings is 1. The molecule has 0 spiro atoms. The Hall–Kier alpha value is -1.86. The molecule has 2 heterocycles. The van der Waals surface area contributed by atoms with Crippen molar-refractivity contribution in [2.45, 2.75) is 59.3 Å². The van der Waals surface area contributed by atoms with Crippen LogP contribution >= 0.6 is 0 Å². The van der Waals surface area contributed by atoms with Crippen molar-refractivity contribution in [3.05, 3.63) is 52.3 Å². The summed E-state index contributed by atoms with van der Waals surface area (Å²) < 4.78 is 40.9. The molecule has 1 saturated heterocycles. The fourth-order valence-electron chi connectivity index (χ4n) is 4.74. The van der Waals surface area contributed by atoms with Gasteiger partial charge in [0.05, 0.1) is 11.3 Å². The molecular weight excluding hydrogens is 401 g/mol. The van der Waals surface area contributed by atoms with Gasteiger partial charge in [-0.15, -0.1) is 0 Å². The smallest absolute Gasteiger partial charge is 0.303 e. The van der Waals surface area contributed by atoms with Crippen molar-refractivity contribution in [1.82, 2.24) is 19.6 Å². The van der Waals surface area contributed by atoms with E-state index in [-0.39, 0.29) is 0 Å². The second-order valence-electron chi connectivity index (χ2n) is 8.92. The molecule has 0 N–H and O–H groups in total. The molecule has 0 bridgehead atoms. The number of aryl methyl sites for hydroxylation is 2. The van der Waals surface area contributed by atoms with Crippen LogP contribution in [0.2, 0.25) is 0 Å². The zero-order valence-electron chi connectivity index (χ0n) is 19.2. The Kier molecular flexibility index (Phi) is 7.81. The maximum absolute atomic E-state index is 12.9. The first-order valence-electron chi connectivity index (χ1n) is 11.3. The quantitative estimate of drug-likeness (QED) is 0.587. The van der Waals surface area contributed by atoms with Crippen LogP contribution in [0, 0.1) is 19.8 Å². The van der Waals surface area contributed by atoms with Gasteiger partial charge in [-0.1, -0.05) is 18.2 Å². The zero-order valence-corrected chi connectivity index (χ0v) is 19.2. The molecule has 1 aromatic carbocycles. The fraction of sp³-hybridized carbons (Fsp3) is 0.625. The van der Waals surface area contributed by atoms with Crippen LogP contribution in [0.1, 0.15) is 47.8 Å². The zero-order chi connectivity index (χ0) is 22.6. The summed E-state index contributed by atoms with van der Waals surface area (Å²) in [7, 11) is 2.17. The Bertz CT molecular complexity index is 859. The van der Waals surface area contributed by atoms with Crippen LogP contribution in [0.5, 0.6) is 0 Å². The third kappa shape index (κ3) is 6.32.